The summed E-state index contributed by atoms with van der Waals surface area (Å²) in [7, 11) is 0. The molecule has 0 radical (unpaired) electrons. The highest BCUT2D eigenvalue weighted by molar-refractivity contribution is 7.99. The lowest BCUT2D eigenvalue weighted by Gasteiger charge is -2.25. The van der Waals surface area contributed by atoms with Crippen LogP contribution in [0.1, 0.15) is 13.3 Å². The average Bonchev–Trinajstić information content (AvgIpc) is 2.84. The lowest BCUT2D eigenvalue weighted by atomic mass is 10.00. The van der Waals surface area contributed by atoms with Crippen molar-refractivity contribution in [3.8, 4) is 0 Å². The van der Waals surface area contributed by atoms with E-state index < -0.39 is 12.0 Å². The van der Waals surface area contributed by atoms with E-state index in [1.165, 1.54) is 16.7 Å². The summed E-state index contributed by atoms with van der Waals surface area (Å²) in [6.45, 7) is 2.82. The van der Waals surface area contributed by atoms with E-state index in [9.17, 15) is 9.59 Å². The number of nitrogens with zero attached hydrogens (tertiary/aromatic N) is 1. The molecule has 3 unspecified atom stereocenters. The predicted molar refractivity (Wildman–Crippen MR) is 61.2 cm³/mol. The smallest absolute Gasteiger partial charge is 0.327 e. The van der Waals surface area contributed by atoms with E-state index in [2.05, 4.69) is 5.32 Å². The van der Waals surface area contributed by atoms with Crippen molar-refractivity contribution >= 4 is 23.6 Å². The van der Waals surface area contributed by atoms with Crippen LogP contribution in [0, 0.1) is 5.92 Å². The van der Waals surface area contributed by atoms with Gasteiger partial charge in [0.05, 0.1) is 11.8 Å². The van der Waals surface area contributed by atoms with Crippen LogP contribution >= 0.6 is 11.8 Å². The Morgan fingerprint density at radius 3 is 2.81 bits per heavy atom. The van der Waals surface area contributed by atoms with Gasteiger partial charge in [-0.2, -0.15) is 0 Å². The van der Waals surface area contributed by atoms with E-state index in [0.717, 1.165) is 13.0 Å². The predicted octanol–water partition coefficient (Wildman–Crippen LogP) is -0.0295. The minimum absolute atomic E-state index is 0.00472. The first-order valence-electron chi connectivity index (χ1n) is 5.45. The second-order valence-corrected chi connectivity index (χ2v) is 5.30. The molecule has 2 aliphatic heterocycles. The van der Waals surface area contributed by atoms with Gasteiger partial charge in [-0.25, -0.2) is 4.79 Å². The van der Waals surface area contributed by atoms with Crippen molar-refractivity contribution in [2.75, 3.05) is 18.2 Å². The summed E-state index contributed by atoms with van der Waals surface area (Å²) in [5.74, 6) is 0.0710. The first-order valence-corrected chi connectivity index (χ1v) is 6.61. The summed E-state index contributed by atoms with van der Waals surface area (Å²) in [6, 6.07) is -0.474. The normalized spacial score (nSPS) is 34.3. The number of thioether (sulfide) groups is 1. The third kappa shape index (κ3) is 2.04. The number of nitrogens with one attached hydrogen (secondary N) is 1. The SMILES string of the molecule is CC1NCCC1C(=O)N1CSCC1C(=O)O. The van der Waals surface area contributed by atoms with Crippen LogP contribution in [0.2, 0.25) is 0 Å². The van der Waals surface area contributed by atoms with Crippen LogP contribution < -0.4 is 5.32 Å². The molecule has 0 aromatic carbocycles. The molecule has 5 nitrogen and oxygen atoms in total. The summed E-state index contributed by atoms with van der Waals surface area (Å²) in [4.78, 5) is 24.7. The quantitative estimate of drug-likeness (QED) is 0.714. The van der Waals surface area contributed by atoms with Crippen molar-refractivity contribution in [3.63, 3.8) is 0 Å². The van der Waals surface area contributed by atoms with Crippen LogP contribution in [0.15, 0.2) is 0 Å². The highest BCUT2D eigenvalue weighted by Gasteiger charge is 2.40. The Morgan fingerprint density at radius 1 is 1.50 bits per heavy atom. The standard InChI is InChI=1S/C10H16N2O3S/c1-6-7(2-3-11-6)9(13)12-5-16-4-8(12)10(14)15/h6-8,11H,2-5H2,1H3,(H,14,15). The maximum absolute atomic E-state index is 12.2. The third-order valence-electron chi connectivity index (χ3n) is 3.29. The summed E-state index contributed by atoms with van der Waals surface area (Å²) >= 11 is 1.51. The van der Waals surface area contributed by atoms with E-state index in [0.29, 0.717) is 11.6 Å². The van der Waals surface area contributed by atoms with Crippen molar-refractivity contribution < 1.29 is 14.7 Å². The number of aliphatic carboxylic acids is 1. The molecule has 2 aliphatic rings. The van der Waals surface area contributed by atoms with E-state index in [-0.39, 0.29) is 17.9 Å². The molecule has 3 atom stereocenters. The van der Waals surface area contributed by atoms with Crippen LogP contribution in [-0.2, 0) is 9.59 Å². The van der Waals surface area contributed by atoms with Crippen molar-refractivity contribution in [2.45, 2.75) is 25.4 Å². The number of amides is 1. The molecule has 16 heavy (non-hydrogen) atoms. The molecular weight excluding hydrogens is 228 g/mol. The molecule has 2 rings (SSSR count). The van der Waals surface area contributed by atoms with Gasteiger partial charge in [0.2, 0.25) is 5.91 Å². The molecule has 0 saturated carbocycles. The molecule has 2 fully saturated rings. The Bertz CT molecular complexity index is 310. The highest BCUT2D eigenvalue weighted by Crippen LogP contribution is 2.26. The Labute approximate surface area is 98.6 Å². The molecular formula is C10H16N2O3S. The molecule has 0 aromatic heterocycles. The molecule has 2 N–H and O–H groups in total. The summed E-state index contributed by atoms with van der Waals surface area (Å²) in [5.41, 5.74) is 0. The fraction of sp³-hybridized carbons (Fsp3) is 0.800. The lowest BCUT2D eigenvalue weighted by molar-refractivity contribution is -0.149. The first-order chi connectivity index (χ1) is 7.61. The van der Waals surface area contributed by atoms with Crippen LogP contribution in [0.25, 0.3) is 0 Å². The van der Waals surface area contributed by atoms with Gasteiger partial charge in [-0.05, 0) is 19.9 Å². The van der Waals surface area contributed by atoms with Gasteiger partial charge in [0.1, 0.15) is 6.04 Å². The summed E-state index contributed by atoms with van der Waals surface area (Å²) in [5, 5.41) is 12.2. The molecule has 6 heteroatoms. The van der Waals surface area contributed by atoms with Crippen molar-refractivity contribution in [1.29, 1.82) is 0 Å². The molecule has 0 aliphatic carbocycles. The zero-order valence-electron chi connectivity index (χ0n) is 9.18. The largest absolute Gasteiger partial charge is 0.480 e. The Hall–Kier alpha value is -0.750. The van der Waals surface area contributed by atoms with Gasteiger partial charge in [-0.3, -0.25) is 4.79 Å². The zero-order valence-corrected chi connectivity index (χ0v) is 10.00. The topological polar surface area (TPSA) is 69.6 Å². The van der Waals surface area contributed by atoms with Gasteiger partial charge in [-0.15, -0.1) is 11.8 Å². The minimum Gasteiger partial charge on any atom is -0.480 e. The monoisotopic (exact) mass is 244 g/mol. The second-order valence-electron chi connectivity index (χ2n) is 4.30. The van der Waals surface area contributed by atoms with E-state index in [1.54, 1.807) is 0 Å². The summed E-state index contributed by atoms with van der Waals surface area (Å²) < 4.78 is 0. The van der Waals surface area contributed by atoms with Crippen LogP contribution in [0.3, 0.4) is 0 Å². The van der Waals surface area contributed by atoms with Gasteiger partial charge >= 0.3 is 5.97 Å². The molecule has 2 heterocycles. The van der Waals surface area contributed by atoms with Crippen LogP contribution in [0.5, 0.6) is 0 Å². The lowest BCUT2D eigenvalue weighted by Crippen LogP contribution is -2.46. The average molecular weight is 244 g/mol. The zero-order chi connectivity index (χ0) is 11.7. The van der Waals surface area contributed by atoms with Gasteiger partial charge in [0.25, 0.3) is 0 Å². The first kappa shape index (κ1) is 11.7. The fourth-order valence-corrected chi connectivity index (χ4v) is 3.43. The molecule has 1 amide bonds. The van der Waals surface area contributed by atoms with E-state index in [1.807, 2.05) is 6.92 Å². The highest BCUT2D eigenvalue weighted by atomic mass is 32.2. The maximum Gasteiger partial charge on any atom is 0.327 e. The molecule has 0 bridgehead atoms. The summed E-state index contributed by atoms with van der Waals surface area (Å²) in [6.07, 6.45) is 0.813. The number of carboxylic acid groups (broad SMARTS) is 1. The fourth-order valence-electron chi connectivity index (χ4n) is 2.27. The number of carbonyl (C=O) groups is 2. The number of hydrogen-bond donors (Lipinski definition) is 2. The van der Waals surface area contributed by atoms with Crippen molar-refractivity contribution in [2.24, 2.45) is 5.92 Å². The van der Waals surface area contributed by atoms with Crippen molar-refractivity contribution in [1.82, 2.24) is 10.2 Å². The maximum atomic E-state index is 12.2. The molecule has 0 spiro atoms. The molecule has 90 valence electrons. The van der Waals surface area contributed by atoms with Gasteiger partial charge in [-0.1, -0.05) is 0 Å². The third-order valence-corrected chi connectivity index (χ3v) is 4.31. The van der Waals surface area contributed by atoms with E-state index in [4.69, 9.17) is 5.11 Å². The number of carbonyl (C=O) groups excluding carboxylic acids is 1. The van der Waals surface area contributed by atoms with Crippen molar-refractivity contribution in [3.05, 3.63) is 0 Å². The minimum atomic E-state index is -0.892. The second kappa shape index (κ2) is 4.63. The number of hydrogen-bond acceptors (Lipinski definition) is 4. The van der Waals surface area contributed by atoms with Gasteiger partial charge < -0.3 is 15.3 Å². The molecule has 2 saturated heterocycles. The van der Waals surface area contributed by atoms with Crippen LogP contribution in [0.4, 0.5) is 0 Å². The number of rotatable bonds is 2. The Morgan fingerprint density at radius 2 is 2.25 bits per heavy atom. The number of carboxylic acids is 1. The van der Waals surface area contributed by atoms with Crippen LogP contribution in [-0.4, -0.2) is 52.1 Å². The Kier molecular flexibility index (Phi) is 3.39. The molecule has 0 aromatic rings. The Balaban J connectivity index is 2.06. The van der Waals surface area contributed by atoms with E-state index >= 15 is 0 Å². The van der Waals surface area contributed by atoms with Gasteiger partial charge in [0, 0.05) is 11.8 Å². The van der Waals surface area contributed by atoms with Gasteiger partial charge in [0.15, 0.2) is 0 Å².